The number of nitrogens with zero attached hydrogens (tertiary/aromatic N) is 2. The minimum Gasteiger partial charge on any atom is -0.497 e. The van der Waals surface area contributed by atoms with Crippen molar-refractivity contribution in [1.29, 1.82) is 0 Å². The van der Waals surface area contributed by atoms with E-state index in [-0.39, 0.29) is 11.9 Å². The Morgan fingerprint density at radius 1 is 1.04 bits per heavy atom. The largest absolute Gasteiger partial charge is 0.497 e. The summed E-state index contributed by atoms with van der Waals surface area (Å²) >= 11 is 3.51. The predicted molar refractivity (Wildman–Crippen MR) is 110 cm³/mol. The van der Waals surface area contributed by atoms with Crippen LogP contribution in [0.15, 0.2) is 82.4 Å². The van der Waals surface area contributed by atoms with E-state index in [9.17, 15) is 4.39 Å². The first-order chi connectivity index (χ1) is 13.2. The average Bonchev–Trinajstić information content (AvgIpc) is 3.13. The molecule has 0 radical (unpaired) electrons. The van der Waals surface area contributed by atoms with E-state index in [2.05, 4.69) is 15.9 Å². The fourth-order valence-corrected chi connectivity index (χ4v) is 3.70. The van der Waals surface area contributed by atoms with Gasteiger partial charge in [0.1, 0.15) is 11.6 Å². The summed E-state index contributed by atoms with van der Waals surface area (Å²) in [5.41, 5.74) is 3.49. The highest BCUT2D eigenvalue weighted by Crippen LogP contribution is 2.38. The topological polar surface area (TPSA) is 24.8 Å². The molecule has 0 saturated carbocycles. The molecule has 3 aromatic carbocycles. The SMILES string of the molecule is COc1ccc(C2=NN(c3cccc(Br)c3)[C@H](c3ccccc3F)C2)cc1. The monoisotopic (exact) mass is 424 g/mol. The van der Waals surface area contributed by atoms with E-state index in [0.717, 1.165) is 27.2 Å². The molecule has 0 fully saturated rings. The van der Waals surface area contributed by atoms with Crippen molar-refractivity contribution in [2.75, 3.05) is 12.1 Å². The summed E-state index contributed by atoms with van der Waals surface area (Å²) in [5.74, 6) is 0.584. The number of hydrogen-bond donors (Lipinski definition) is 0. The van der Waals surface area contributed by atoms with Gasteiger partial charge >= 0.3 is 0 Å². The molecule has 1 aliphatic rings. The second-order valence-corrected chi connectivity index (χ2v) is 7.26. The fraction of sp³-hybridized carbons (Fsp3) is 0.136. The Morgan fingerprint density at radius 2 is 1.81 bits per heavy atom. The minimum atomic E-state index is -0.214. The number of hydrogen-bond acceptors (Lipinski definition) is 3. The number of benzene rings is 3. The molecule has 27 heavy (non-hydrogen) atoms. The van der Waals surface area contributed by atoms with Crippen molar-refractivity contribution < 1.29 is 9.13 Å². The number of hydrazone groups is 1. The second-order valence-electron chi connectivity index (χ2n) is 6.34. The summed E-state index contributed by atoms with van der Waals surface area (Å²) in [4.78, 5) is 0. The second kappa shape index (κ2) is 7.53. The summed E-state index contributed by atoms with van der Waals surface area (Å²) < 4.78 is 20.7. The quantitative estimate of drug-likeness (QED) is 0.516. The Labute approximate surface area is 166 Å². The van der Waals surface area contributed by atoms with E-state index >= 15 is 0 Å². The van der Waals surface area contributed by atoms with Crippen LogP contribution >= 0.6 is 15.9 Å². The highest BCUT2D eigenvalue weighted by molar-refractivity contribution is 9.10. The summed E-state index contributed by atoms with van der Waals surface area (Å²) in [6, 6.07) is 22.4. The zero-order valence-electron chi connectivity index (χ0n) is 14.8. The third-order valence-corrected chi connectivity index (χ3v) is 5.16. The summed E-state index contributed by atoms with van der Waals surface area (Å²) in [6.45, 7) is 0. The highest BCUT2D eigenvalue weighted by Gasteiger charge is 2.31. The lowest BCUT2D eigenvalue weighted by Crippen LogP contribution is -2.19. The van der Waals surface area contributed by atoms with Gasteiger partial charge in [0.05, 0.1) is 24.6 Å². The van der Waals surface area contributed by atoms with Crippen LogP contribution in [0.4, 0.5) is 10.1 Å². The van der Waals surface area contributed by atoms with Crippen molar-refractivity contribution in [2.45, 2.75) is 12.5 Å². The van der Waals surface area contributed by atoms with Crippen LogP contribution in [0.3, 0.4) is 0 Å². The first kappa shape index (κ1) is 17.7. The van der Waals surface area contributed by atoms with Crippen molar-refractivity contribution >= 4 is 27.3 Å². The first-order valence-corrected chi connectivity index (χ1v) is 9.46. The van der Waals surface area contributed by atoms with Crippen LogP contribution in [0.1, 0.15) is 23.6 Å². The lowest BCUT2D eigenvalue weighted by atomic mass is 9.97. The lowest BCUT2D eigenvalue weighted by molar-refractivity contribution is 0.415. The van der Waals surface area contributed by atoms with E-state index in [1.54, 1.807) is 13.2 Å². The van der Waals surface area contributed by atoms with Gasteiger partial charge < -0.3 is 4.74 Å². The van der Waals surface area contributed by atoms with Crippen LogP contribution in [0.25, 0.3) is 0 Å². The molecule has 0 aliphatic carbocycles. The number of halogens is 2. The lowest BCUT2D eigenvalue weighted by Gasteiger charge is -2.24. The molecule has 1 heterocycles. The standard InChI is InChI=1S/C22H18BrFN2O/c1-27-18-11-9-15(10-12-18)21-14-22(19-7-2-3-8-20(19)24)26(25-21)17-6-4-5-16(23)13-17/h2-13,22H,14H2,1H3/t22-/m0/s1. The van der Waals surface area contributed by atoms with E-state index in [1.807, 2.05) is 65.7 Å². The van der Waals surface area contributed by atoms with Gasteiger partial charge in [0.25, 0.3) is 0 Å². The molecule has 0 spiro atoms. The fourth-order valence-electron chi connectivity index (χ4n) is 3.31. The van der Waals surface area contributed by atoms with Crippen LogP contribution in [0.2, 0.25) is 0 Å². The molecule has 0 amide bonds. The maximum atomic E-state index is 14.5. The van der Waals surface area contributed by atoms with Gasteiger partial charge in [-0.15, -0.1) is 0 Å². The maximum absolute atomic E-state index is 14.5. The Morgan fingerprint density at radius 3 is 2.52 bits per heavy atom. The molecular formula is C22H18BrFN2O. The minimum absolute atomic E-state index is 0.197. The number of rotatable bonds is 4. The van der Waals surface area contributed by atoms with E-state index < -0.39 is 0 Å². The first-order valence-electron chi connectivity index (χ1n) is 8.67. The van der Waals surface area contributed by atoms with Crippen LogP contribution < -0.4 is 9.75 Å². The molecule has 1 atom stereocenters. The van der Waals surface area contributed by atoms with Gasteiger partial charge in [0.2, 0.25) is 0 Å². The van der Waals surface area contributed by atoms with Gasteiger partial charge in [-0.05, 0) is 54.1 Å². The zero-order valence-corrected chi connectivity index (χ0v) is 16.4. The van der Waals surface area contributed by atoms with Gasteiger partial charge in [-0.1, -0.05) is 40.2 Å². The summed E-state index contributed by atoms with van der Waals surface area (Å²) in [7, 11) is 1.64. The normalized spacial score (nSPS) is 16.3. The Hall–Kier alpha value is -2.66. The van der Waals surface area contributed by atoms with Gasteiger partial charge in [0.15, 0.2) is 0 Å². The number of ether oxygens (including phenoxy) is 1. The van der Waals surface area contributed by atoms with Gasteiger partial charge in [-0.25, -0.2) is 4.39 Å². The smallest absolute Gasteiger partial charge is 0.128 e. The molecule has 0 bridgehead atoms. The molecule has 0 unspecified atom stereocenters. The number of anilines is 1. The maximum Gasteiger partial charge on any atom is 0.128 e. The van der Waals surface area contributed by atoms with Crippen molar-refractivity contribution in [3.63, 3.8) is 0 Å². The molecule has 1 aliphatic heterocycles. The molecule has 3 aromatic rings. The van der Waals surface area contributed by atoms with Crippen molar-refractivity contribution in [3.8, 4) is 5.75 Å². The molecule has 0 aromatic heterocycles. The molecule has 3 nitrogen and oxygen atoms in total. The third-order valence-electron chi connectivity index (χ3n) is 4.67. The molecular weight excluding hydrogens is 407 g/mol. The molecule has 5 heteroatoms. The zero-order chi connectivity index (χ0) is 18.8. The summed E-state index contributed by atoms with van der Waals surface area (Å²) in [6.07, 6.45) is 0.625. The van der Waals surface area contributed by atoms with Crippen LogP contribution in [-0.2, 0) is 0 Å². The van der Waals surface area contributed by atoms with Crippen molar-refractivity contribution in [1.82, 2.24) is 0 Å². The Bertz CT molecular complexity index is 988. The van der Waals surface area contributed by atoms with Gasteiger partial charge in [-0.2, -0.15) is 5.10 Å². The molecule has 4 rings (SSSR count). The summed E-state index contributed by atoms with van der Waals surface area (Å²) in [5, 5.41) is 6.75. The Kier molecular flexibility index (Phi) is 4.94. The van der Waals surface area contributed by atoms with Crippen molar-refractivity contribution in [3.05, 3.63) is 94.2 Å². The van der Waals surface area contributed by atoms with Crippen molar-refractivity contribution in [2.24, 2.45) is 5.10 Å². The Balaban J connectivity index is 1.76. The number of methoxy groups -OCH3 is 1. The molecule has 0 saturated heterocycles. The molecule has 0 N–H and O–H groups in total. The van der Waals surface area contributed by atoms with E-state index in [0.29, 0.717) is 12.0 Å². The average molecular weight is 425 g/mol. The van der Waals surface area contributed by atoms with E-state index in [4.69, 9.17) is 9.84 Å². The van der Waals surface area contributed by atoms with Gasteiger partial charge in [0, 0.05) is 16.5 Å². The third kappa shape index (κ3) is 3.60. The van der Waals surface area contributed by atoms with Gasteiger partial charge in [-0.3, -0.25) is 5.01 Å². The van der Waals surface area contributed by atoms with Crippen LogP contribution in [0.5, 0.6) is 5.75 Å². The van der Waals surface area contributed by atoms with Crippen LogP contribution in [-0.4, -0.2) is 12.8 Å². The van der Waals surface area contributed by atoms with E-state index in [1.165, 1.54) is 6.07 Å². The highest BCUT2D eigenvalue weighted by atomic mass is 79.9. The predicted octanol–water partition coefficient (Wildman–Crippen LogP) is 5.95. The van der Waals surface area contributed by atoms with Crippen LogP contribution in [0, 0.1) is 5.82 Å². The molecule has 136 valence electrons.